The first kappa shape index (κ1) is 14.0. The molecule has 0 aromatic heterocycles. The van der Waals surface area contributed by atoms with E-state index in [1.165, 1.54) is 12.8 Å². The maximum absolute atomic E-state index is 12.0. The third-order valence-electron chi connectivity index (χ3n) is 4.24. The molecule has 1 heterocycles. The van der Waals surface area contributed by atoms with Gasteiger partial charge >= 0.3 is 0 Å². The molecule has 0 aromatic carbocycles. The molecule has 0 aromatic rings. The van der Waals surface area contributed by atoms with E-state index in [9.17, 15) is 8.42 Å². The summed E-state index contributed by atoms with van der Waals surface area (Å²) in [5.74, 6) is 0. The number of nitrogens with zero attached hydrogens (tertiary/aromatic N) is 1. The van der Waals surface area contributed by atoms with Gasteiger partial charge in [-0.15, -0.1) is 0 Å². The molecule has 3 nitrogen and oxygen atoms in total. The minimum atomic E-state index is -3.03. The molecule has 1 aliphatic heterocycles. The van der Waals surface area contributed by atoms with Crippen molar-refractivity contribution in [3.05, 3.63) is 0 Å². The molecule has 0 spiro atoms. The van der Waals surface area contributed by atoms with E-state index in [0.717, 1.165) is 12.8 Å². The largest absolute Gasteiger partial charge is 0.216 e. The van der Waals surface area contributed by atoms with Crippen molar-refractivity contribution < 1.29 is 8.42 Å². The summed E-state index contributed by atoms with van der Waals surface area (Å²) in [6, 6.07) is 0. The molecule has 16 heavy (non-hydrogen) atoms. The number of hydrogen-bond acceptors (Lipinski definition) is 2. The zero-order valence-corrected chi connectivity index (χ0v) is 11.8. The van der Waals surface area contributed by atoms with Crippen molar-refractivity contribution in [1.82, 2.24) is 4.31 Å². The van der Waals surface area contributed by atoms with Gasteiger partial charge in [-0.1, -0.05) is 26.7 Å². The summed E-state index contributed by atoms with van der Waals surface area (Å²) in [7, 11) is -3.03. The van der Waals surface area contributed by atoms with Crippen molar-refractivity contribution in [2.75, 3.05) is 13.1 Å². The number of rotatable bonds is 4. The molecule has 0 aliphatic carbocycles. The standard InChI is InChI=1S/C12H25NO2S/c1-5-12(6-2)7-9-13(10-8-12)16(14,15)11(3)4/h11H,5-10H2,1-4H3. The Kier molecular flexibility index (Phi) is 4.41. The lowest BCUT2D eigenvalue weighted by atomic mass is 9.75. The molecule has 96 valence electrons. The molecule has 0 N–H and O–H groups in total. The van der Waals surface area contributed by atoms with E-state index in [2.05, 4.69) is 13.8 Å². The summed E-state index contributed by atoms with van der Waals surface area (Å²) in [6.07, 6.45) is 4.37. The van der Waals surface area contributed by atoms with Crippen LogP contribution in [0, 0.1) is 5.41 Å². The van der Waals surface area contributed by atoms with Gasteiger partial charge in [-0.3, -0.25) is 0 Å². The number of piperidine rings is 1. The first-order chi connectivity index (χ1) is 7.38. The van der Waals surface area contributed by atoms with Crippen LogP contribution in [0.3, 0.4) is 0 Å². The van der Waals surface area contributed by atoms with Crippen LogP contribution in [0.2, 0.25) is 0 Å². The van der Waals surface area contributed by atoms with Gasteiger partial charge < -0.3 is 0 Å². The van der Waals surface area contributed by atoms with Gasteiger partial charge in [-0.05, 0) is 32.1 Å². The van der Waals surface area contributed by atoms with E-state index in [4.69, 9.17) is 0 Å². The lowest BCUT2D eigenvalue weighted by Crippen LogP contribution is -2.45. The van der Waals surface area contributed by atoms with Crippen LogP contribution in [0.5, 0.6) is 0 Å². The predicted octanol–water partition coefficient (Wildman–Crippen LogP) is 2.63. The monoisotopic (exact) mass is 247 g/mol. The Morgan fingerprint density at radius 2 is 1.56 bits per heavy atom. The minimum Gasteiger partial charge on any atom is -0.212 e. The molecule has 0 amide bonds. The second-order valence-corrected chi connectivity index (χ2v) is 7.69. The summed E-state index contributed by atoms with van der Waals surface area (Å²) < 4.78 is 25.7. The molecule has 0 saturated carbocycles. The summed E-state index contributed by atoms with van der Waals surface area (Å²) in [6.45, 7) is 9.38. The van der Waals surface area contributed by atoms with Gasteiger partial charge in [0.2, 0.25) is 10.0 Å². The number of sulfonamides is 1. The minimum absolute atomic E-state index is 0.289. The molecule has 0 bridgehead atoms. The molecular weight excluding hydrogens is 222 g/mol. The van der Waals surface area contributed by atoms with E-state index >= 15 is 0 Å². The second-order valence-electron chi connectivity index (χ2n) is 5.20. The Morgan fingerprint density at radius 1 is 1.12 bits per heavy atom. The van der Waals surface area contributed by atoms with Crippen LogP contribution in [0.25, 0.3) is 0 Å². The van der Waals surface area contributed by atoms with E-state index < -0.39 is 10.0 Å². The lowest BCUT2D eigenvalue weighted by molar-refractivity contribution is 0.141. The van der Waals surface area contributed by atoms with Crippen LogP contribution in [0.4, 0.5) is 0 Å². The fraction of sp³-hybridized carbons (Fsp3) is 1.00. The quantitative estimate of drug-likeness (QED) is 0.766. The maximum atomic E-state index is 12.0. The molecule has 1 rings (SSSR count). The Labute approximate surface area is 100 Å². The smallest absolute Gasteiger partial charge is 0.212 e. The van der Waals surface area contributed by atoms with Crippen LogP contribution < -0.4 is 0 Å². The highest BCUT2D eigenvalue weighted by atomic mass is 32.2. The molecule has 0 atom stereocenters. The SMILES string of the molecule is CCC1(CC)CCN(S(=O)(=O)C(C)C)CC1. The number of hydrogen-bond donors (Lipinski definition) is 0. The van der Waals surface area contributed by atoms with Crippen LogP contribution in [0.1, 0.15) is 53.4 Å². The Bertz CT molecular complexity index is 308. The second kappa shape index (κ2) is 5.05. The maximum Gasteiger partial charge on any atom is 0.216 e. The predicted molar refractivity (Wildman–Crippen MR) is 67.9 cm³/mol. The van der Waals surface area contributed by atoms with Gasteiger partial charge in [0.1, 0.15) is 0 Å². The van der Waals surface area contributed by atoms with Crippen molar-refractivity contribution in [1.29, 1.82) is 0 Å². The fourth-order valence-corrected chi connectivity index (χ4v) is 3.76. The Balaban J connectivity index is 2.69. The van der Waals surface area contributed by atoms with Gasteiger partial charge in [-0.2, -0.15) is 0 Å². The van der Waals surface area contributed by atoms with Crippen molar-refractivity contribution in [3.8, 4) is 0 Å². The summed E-state index contributed by atoms with van der Waals surface area (Å²) in [5.41, 5.74) is 0.392. The zero-order chi connectivity index (χ0) is 12.4. The third-order valence-corrected chi connectivity index (χ3v) is 6.52. The van der Waals surface area contributed by atoms with Crippen molar-refractivity contribution >= 4 is 10.0 Å². The van der Waals surface area contributed by atoms with Crippen LogP contribution in [0.15, 0.2) is 0 Å². The molecule has 1 aliphatic rings. The highest BCUT2D eigenvalue weighted by molar-refractivity contribution is 7.89. The third kappa shape index (κ3) is 2.59. The first-order valence-corrected chi connectivity index (χ1v) is 7.87. The lowest BCUT2D eigenvalue weighted by Gasteiger charge is -2.40. The van der Waals surface area contributed by atoms with E-state index in [1.54, 1.807) is 18.2 Å². The molecule has 4 heteroatoms. The van der Waals surface area contributed by atoms with E-state index in [0.29, 0.717) is 18.5 Å². The summed E-state index contributed by atoms with van der Waals surface area (Å²) in [5, 5.41) is -0.289. The van der Waals surface area contributed by atoms with Crippen LogP contribution in [-0.2, 0) is 10.0 Å². The van der Waals surface area contributed by atoms with Crippen LogP contribution >= 0.6 is 0 Å². The molecule has 0 unspecified atom stereocenters. The highest BCUT2D eigenvalue weighted by Gasteiger charge is 2.36. The average molecular weight is 247 g/mol. The first-order valence-electron chi connectivity index (χ1n) is 6.37. The fourth-order valence-electron chi connectivity index (χ4n) is 2.47. The van der Waals surface area contributed by atoms with Gasteiger partial charge in [0.25, 0.3) is 0 Å². The molecular formula is C12H25NO2S. The van der Waals surface area contributed by atoms with E-state index in [1.807, 2.05) is 0 Å². The Hall–Kier alpha value is -0.0900. The molecule has 0 radical (unpaired) electrons. The van der Waals surface area contributed by atoms with Gasteiger partial charge in [-0.25, -0.2) is 12.7 Å². The normalized spacial score (nSPS) is 22.6. The van der Waals surface area contributed by atoms with E-state index in [-0.39, 0.29) is 5.25 Å². The topological polar surface area (TPSA) is 37.4 Å². The zero-order valence-electron chi connectivity index (χ0n) is 11.0. The highest BCUT2D eigenvalue weighted by Crippen LogP contribution is 2.38. The van der Waals surface area contributed by atoms with Crippen molar-refractivity contribution in [2.24, 2.45) is 5.41 Å². The average Bonchev–Trinajstić information content (AvgIpc) is 2.29. The molecule has 1 fully saturated rings. The van der Waals surface area contributed by atoms with Crippen molar-refractivity contribution in [3.63, 3.8) is 0 Å². The van der Waals surface area contributed by atoms with Crippen LogP contribution in [-0.4, -0.2) is 31.1 Å². The molecule has 1 saturated heterocycles. The van der Waals surface area contributed by atoms with Gasteiger partial charge in [0.15, 0.2) is 0 Å². The van der Waals surface area contributed by atoms with Crippen molar-refractivity contribution in [2.45, 2.75) is 58.6 Å². The Morgan fingerprint density at radius 3 is 1.88 bits per heavy atom. The summed E-state index contributed by atoms with van der Waals surface area (Å²) in [4.78, 5) is 0. The van der Waals surface area contributed by atoms with Gasteiger partial charge in [0, 0.05) is 13.1 Å². The van der Waals surface area contributed by atoms with Gasteiger partial charge in [0.05, 0.1) is 5.25 Å². The summed E-state index contributed by atoms with van der Waals surface area (Å²) >= 11 is 0.